The van der Waals surface area contributed by atoms with Gasteiger partial charge >= 0.3 is 0 Å². The van der Waals surface area contributed by atoms with Crippen LogP contribution in [0.4, 0.5) is 0 Å². The third-order valence-electron chi connectivity index (χ3n) is 8.11. The topological polar surface area (TPSA) is 34.1 Å². The molecule has 0 aromatic carbocycles. The maximum atomic E-state index is 12.3. The zero-order valence-electron chi connectivity index (χ0n) is 15.5. The largest absolute Gasteiger partial charge is 0.300 e. The number of Topliss-reactive ketones (excluding diaryl/α,β-unsaturated/α-hetero) is 1. The molecule has 0 radical (unpaired) electrons. The second-order valence-corrected chi connectivity index (χ2v) is 9.39. The minimum Gasteiger partial charge on any atom is -0.300 e. The third-order valence-corrected chi connectivity index (χ3v) is 8.11. The first-order valence-corrected chi connectivity index (χ1v) is 9.72. The summed E-state index contributed by atoms with van der Waals surface area (Å²) in [5.74, 6) is 2.67. The van der Waals surface area contributed by atoms with Crippen LogP contribution in [-0.4, -0.2) is 11.6 Å². The second-order valence-electron chi connectivity index (χ2n) is 9.39. The minimum absolute atomic E-state index is 0.107. The summed E-state index contributed by atoms with van der Waals surface area (Å²) in [4.78, 5) is 24.2. The van der Waals surface area contributed by atoms with Crippen molar-refractivity contribution in [2.75, 3.05) is 0 Å². The Morgan fingerprint density at radius 3 is 2.71 bits per heavy atom. The van der Waals surface area contributed by atoms with Crippen LogP contribution in [0, 0.1) is 34.5 Å². The average molecular weight is 326 g/mol. The molecule has 4 aliphatic rings. The first-order chi connectivity index (χ1) is 11.3. The van der Waals surface area contributed by atoms with Crippen LogP contribution < -0.4 is 0 Å². The maximum Gasteiger partial charge on any atom is 0.155 e. The Labute approximate surface area is 145 Å². The fourth-order valence-corrected chi connectivity index (χ4v) is 7.09. The van der Waals surface area contributed by atoms with Crippen LogP contribution in [0.3, 0.4) is 0 Å². The Morgan fingerprint density at radius 2 is 2.00 bits per heavy atom. The summed E-state index contributed by atoms with van der Waals surface area (Å²) in [7, 11) is 0. The normalized spacial score (nSPS) is 47.2. The molecule has 2 nitrogen and oxygen atoms in total. The molecule has 0 amide bonds. The third kappa shape index (κ3) is 2.01. The van der Waals surface area contributed by atoms with Gasteiger partial charge in [0.25, 0.3) is 0 Å². The number of carbonyl (C=O) groups excluding carboxylic acids is 2. The van der Waals surface area contributed by atoms with E-state index < -0.39 is 0 Å². The van der Waals surface area contributed by atoms with Gasteiger partial charge in [-0.05, 0) is 68.3 Å². The fourth-order valence-electron chi connectivity index (χ4n) is 7.09. The van der Waals surface area contributed by atoms with E-state index in [1.54, 1.807) is 12.5 Å². The lowest BCUT2D eigenvalue weighted by Crippen LogP contribution is -2.45. The molecule has 2 fully saturated rings. The summed E-state index contributed by atoms with van der Waals surface area (Å²) in [5, 5.41) is 0. The van der Waals surface area contributed by atoms with E-state index in [1.807, 2.05) is 6.08 Å². The quantitative estimate of drug-likeness (QED) is 0.643. The highest BCUT2D eigenvalue weighted by Gasteiger charge is 2.58. The van der Waals surface area contributed by atoms with Crippen LogP contribution >= 0.6 is 0 Å². The van der Waals surface area contributed by atoms with Crippen molar-refractivity contribution in [3.05, 3.63) is 23.3 Å². The summed E-state index contributed by atoms with van der Waals surface area (Å²) in [6.07, 6.45) is 10.6. The molecule has 0 bridgehead atoms. The van der Waals surface area contributed by atoms with Gasteiger partial charge in [0, 0.05) is 17.8 Å². The van der Waals surface area contributed by atoms with E-state index in [1.165, 1.54) is 12.0 Å². The number of carbonyl (C=O) groups is 2. The summed E-state index contributed by atoms with van der Waals surface area (Å²) >= 11 is 0. The van der Waals surface area contributed by atoms with Crippen molar-refractivity contribution in [3.8, 4) is 0 Å². The molecule has 1 unspecified atom stereocenters. The van der Waals surface area contributed by atoms with Crippen molar-refractivity contribution in [3.63, 3.8) is 0 Å². The molecule has 0 aromatic rings. The standard InChI is InChI=1S/C22H30O2/c1-13-11-19-17-6-5-15-12-16(24)7-9-21(15,3)18(17)8-10-22(19,4)20(13)14(2)23/h8,12-13,17,19-20H,5-7,9-11H2,1-4H3/t13?,17-,19+,20-,21+,22+/m1/s1. The second kappa shape index (κ2) is 5.16. The van der Waals surface area contributed by atoms with Crippen LogP contribution in [0.2, 0.25) is 0 Å². The van der Waals surface area contributed by atoms with Crippen LogP contribution in [0.25, 0.3) is 0 Å². The van der Waals surface area contributed by atoms with E-state index >= 15 is 0 Å². The van der Waals surface area contributed by atoms with E-state index in [9.17, 15) is 9.59 Å². The number of rotatable bonds is 1. The van der Waals surface area contributed by atoms with Gasteiger partial charge < -0.3 is 0 Å². The Kier molecular flexibility index (Phi) is 3.50. The highest BCUT2D eigenvalue weighted by molar-refractivity contribution is 5.92. The maximum absolute atomic E-state index is 12.3. The lowest BCUT2D eigenvalue weighted by atomic mass is 9.51. The van der Waals surface area contributed by atoms with Crippen molar-refractivity contribution in [1.82, 2.24) is 0 Å². The molecular formula is C22H30O2. The molecule has 2 saturated carbocycles. The van der Waals surface area contributed by atoms with E-state index in [2.05, 4.69) is 26.8 Å². The number of allylic oxidation sites excluding steroid dienone is 4. The number of fused-ring (bicyclic) bond motifs is 5. The van der Waals surface area contributed by atoms with Crippen molar-refractivity contribution in [1.29, 1.82) is 0 Å². The van der Waals surface area contributed by atoms with Gasteiger partial charge in [-0.15, -0.1) is 0 Å². The molecule has 0 N–H and O–H groups in total. The summed E-state index contributed by atoms with van der Waals surface area (Å²) < 4.78 is 0. The molecule has 4 rings (SSSR count). The molecule has 6 atom stereocenters. The van der Waals surface area contributed by atoms with Gasteiger partial charge in [0.2, 0.25) is 0 Å². The number of ketones is 2. The zero-order chi connectivity index (χ0) is 17.3. The molecular weight excluding hydrogens is 296 g/mol. The average Bonchev–Trinajstić information content (AvgIpc) is 2.78. The predicted octanol–water partition coefficient (Wildman–Crippen LogP) is 4.89. The molecule has 0 aromatic heterocycles. The Bertz CT molecular complexity index is 669. The molecule has 0 aliphatic heterocycles. The fraction of sp³-hybridized carbons (Fsp3) is 0.727. The van der Waals surface area contributed by atoms with Crippen molar-refractivity contribution in [2.45, 2.75) is 66.2 Å². The number of hydrogen-bond acceptors (Lipinski definition) is 2. The zero-order valence-corrected chi connectivity index (χ0v) is 15.5. The minimum atomic E-state index is 0.107. The SMILES string of the molecule is CC(=O)[C@H]1C(C)C[C@H]2[C@@H]3CCC4=CC(=O)CC[C@]4(C)C3=CC[C@]12C. The van der Waals surface area contributed by atoms with E-state index in [4.69, 9.17) is 0 Å². The van der Waals surface area contributed by atoms with Crippen LogP contribution in [0.1, 0.15) is 66.2 Å². The lowest BCUT2D eigenvalue weighted by Gasteiger charge is -2.53. The summed E-state index contributed by atoms with van der Waals surface area (Å²) in [5.41, 5.74) is 3.22. The van der Waals surface area contributed by atoms with Gasteiger partial charge in [-0.1, -0.05) is 38.0 Å². The summed E-state index contributed by atoms with van der Waals surface area (Å²) in [6.45, 7) is 8.82. The monoisotopic (exact) mass is 326 g/mol. The highest BCUT2D eigenvalue weighted by Crippen LogP contribution is 2.65. The Hall–Kier alpha value is -1.18. The number of hydrogen-bond donors (Lipinski definition) is 0. The van der Waals surface area contributed by atoms with Gasteiger partial charge in [0.1, 0.15) is 5.78 Å². The van der Waals surface area contributed by atoms with E-state index in [-0.39, 0.29) is 16.7 Å². The van der Waals surface area contributed by atoms with Gasteiger partial charge in [0.05, 0.1) is 0 Å². The molecule has 2 heteroatoms. The molecule has 24 heavy (non-hydrogen) atoms. The highest BCUT2D eigenvalue weighted by atomic mass is 16.1. The molecule has 130 valence electrons. The predicted molar refractivity (Wildman–Crippen MR) is 95.4 cm³/mol. The van der Waals surface area contributed by atoms with Gasteiger partial charge in [-0.3, -0.25) is 9.59 Å². The van der Waals surface area contributed by atoms with Crippen molar-refractivity contribution in [2.24, 2.45) is 34.5 Å². The smallest absolute Gasteiger partial charge is 0.155 e. The van der Waals surface area contributed by atoms with E-state index in [0.717, 1.165) is 25.7 Å². The van der Waals surface area contributed by atoms with Gasteiger partial charge in [-0.25, -0.2) is 0 Å². The lowest BCUT2D eigenvalue weighted by molar-refractivity contribution is -0.126. The van der Waals surface area contributed by atoms with Crippen molar-refractivity contribution < 1.29 is 9.59 Å². The van der Waals surface area contributed by atoms with Gasteiger partial charge in [-0.2, -0.15) is 0 Å². The first-order valence-electron chi connectivity index (χ1n) is 9.72. The van der Waals surface area contributed by atoms with Gasteiger partial charge in [0.15, 0.2) is 5.78 Å². The van der Waals surface area contributed by atoms with Crippen molar-refractivity contribution >= 4 is 11.6 Å². The van der Waals surface area contributed by atoms with Crippen LogP contribution in [0.15, 0.2) is 23.3 Å². The van der Waals surface area contributed by atoms with Crippen LogP contribution in [0.5, 0.6) is 0 Å². The first kappa shape index (κ1) is 16.3. The molecule has 4 aliphatic carbocycles. The summed E-state index contributed by atoms with van der Waals surface area (Å²) in [6, 6.07) is 0. The Balaban J connectivity index is 1.76. The van der Waals surface area contributed by atoms with E-state index in [0.29, 0.717) is 35.7 Å². The molecule has 0 heterocycles. The Morgan fingerprint density at radius 1 is 1.25 bits per heavy atom. The van der Waals surface area contributed by atoms with Crippen LogP contribution in [-0.2, 0) is 9.59 Å². The molecule has 0 spiro atoms. The molecule has 0 saturated heterocycles.